The molecular formula is C18H22F3IN4OS. The standard InChI is InChI=1S/C18H21F3N4OS.HI/c1-3-10-26-14-7-5-4-6-13(14)11-24-17(22-2)23-9-8-16-25-15(12-27-16)18(19,20)21;/h3-7,12H,1,8-11H2,2H3,(H2,22,23,24);1H. The first-order chi connectivity index (χ1) is 12.9. The van der Waals surface area contributed by atoms with Crippen molar-refractivity contribution in [2.24, 2.45) is 4.99 Å². The van der Waals surface area contributed by atoms with Crippen LogP contribution in [0.1, 0.15) is 16.3 Å². The minimum atomic E-state index is -4.40. The third-order valence-electron chi connectivity index (χ3n) is 3.47. The fourth-order valence-corrected chi connectivity index (χ4v) is 2.99. The fraction of sp³-hybridized carbons (Fsp3) is 0.333. The average Bonchev–Trinajstić information content (AvgIpc) is 3.13. The lowest BCUT2D eigenvalue weighted by Crippen LogP contribution is -2.37. The number of hydrogen-bond acceptors (Lipinski definition) is 4. The number of benzene rings is 1. The molecule has 0 amide bonds. The number of thiazole rings is 1. The highest BCUT2D eigenvalue weighted by molar-refractivity contribution is 14.0. The number of nitrogens with one attached hydrogen (secondary N) is 2. The number of halogens is 4. The molecule has 2 N–H and O–H groups in total. The van der Waals surface area contributed by atoms with Gasteiger partial charge in [-0.2, -0.15) is 13.2 Å². The Labute approximate surface area is 183 Å². The second-order valence-corrected chi connectivity index (χ2v) is 6.38. The Bertz CT molecular complexity index is 780. The van der Waals surface area contributed by atoms with Crippen molar-refractivity contribution in [3.63, 3.8) is 0 Å². The van der Waals surface area contributed by atoms with Gasteiger partial charge >= 0.3 is 6.18 Å². The van der Waals surface area contributed by atoms with Gasteiger partial charge in [0.1, 0.15) is 12.4 Å². The highest BCUT2D eigenvalue weighted by Crippen LogP contribution is 2.30. The van der Waals surface area contributed by atoms with Gasteiger partial charge in [-0.3, -0.25) is 4.99 Å². The molecule has 2 rings (SSSR count). The Balaban J connectivity index is 0.00000392. The molecule has 2 aromatic rings. The van der Waals surface area contributed by atoms with Crippen molar-refractivity contribution in [1.29, 1.82) is 0 Å². The normalized spacial score (nSPS) is 11.5. The summed E-state index contributed by atoms with van der Waals surface area (Å²) < 4.78 is 43.3. The molecule has 0 unspecified atom stereocenters. The number of hydrogen-bond donors (Lipinski definition) is 2. The highest BCUT2D eigenvalue weighted by atomic mass is 127. The average molecular weight is 526 g/mol. The van der Waals surface area contributed by atoms with Crippen molar-refractivity contribution in [2.75, 3.05) is 20.2 Å². The van der Waals surface area contributed by atoms with Gasteiger partial charge in [-0.15, -0.1) is 35.3 Å². The van der Waals surface area contributed by atoms with Gasteiger partial charge in [-0.05, 0) is 6.07 Å². The Morgan fingerprint density at radius 3 is 2.71 bits per heavy atom. The number of aromatic nitrogens is 1. The van der Waals surface area contributed by atoms with Gasteiger partial charge < -0.3 is 15.4 Å². The van der Waals surface area contributed by atoms with Gasteiger partial charge in [-0.1, -0.05) is 30.9 Å². The number of nitrogens with zero attached hydrogens (tertiary/aromatic N) is 2. The third-order valence-corrected chi connectivity index (χ3v) is 4.38. The molecule has 0 atom stereocenters. The van der Waals surface area contributed by atoms with E-state index in [0.717, 1.165) is 28.0 Å². The molecule has 154 valence electrons. The van der Waals surface area contributed by atoms with E-state index in [1.54, 1.807) is 13.1 Å². The van der Waals surface area contributed by atoms with Crippen LogP contribution in [0.15, 0.2) is 47.3 Å². The second-order valence-electron chi connectivity index (χ2n) is 5.43. The van der Waals surface area contributed by atoms with Crippen LogP contribution in [0.5, 0.6) is 5.75 Å². The van der Waals surface area contributed by atoms with E-state index >= 15 is 0 Å². The van der Waals surface area contributed by atoms with E-state index in [2.05, 4.69) is 27.2 Å². The molecule has 10 heteroatoms. The van der Waals surface area contributed by atoms with Crippen LogP contribution in [0, 0.1) is 0 Å². The van der Waals surface area contributed by atoms with Crippen LogP contribution in [-0.4, -0.2) is 31.1 Å². The monoisotopic (exact) mass is 526 g/mol. The summed E-state index contributed by atoms with van der Waals surface area (Å²) in [6, 6.07) is 7.61. The van der Waals surface area contributed by atoms with Crippen LogP contribution in [-0.2, 0) is 19.1 Å². The molecule has 0 aliphatic carbocycles. The Morgan fingerprint density at radius 1 is 1.32 bits per heavy atom. The number of para-hydroxylation sites is 1. The highest BCUT2D eigenvalue weighted by Gasteiger charge is 2.33. The SMILES string of the molecule is C=CCOc1ccccc1CNC(=NC)NCCc1nc(C(F)(F)F)cs1.I. The van der Waals surface area contributed by atoms with Crippen molar-refractivity contribution in [1.82, 2.24) is 15.6 Å². The lowest BCUT2D eigenvalue weighted by molar-refractivity contribution is -0.140. The summed E-state index contributed by atoms with van der Waals surface area (Å²) in [5.41, 5.74) is 0.109. The minimum absolute atomic E-state index is 0. The summed E-state index contributed by atoms with van der Waals surface area (Å²) in [5.74, 6) is 1.30. The summed E-state index contributed by atoms with van der Waals surface area (Å²) in [6.45, 7) is 4.95. The van der Waals surface area contributed by atoms with Crippen LogP contribution >= 0.6 is 35.3 Å². The number of guanidine groups is 1. The molecule has 0 aliphatic rings. The molecule has 0 bridgehead atoms. The maximum Gasteiger partial charge on any atom is 0.434 e. The zero-order chi connectivity index (χ0) is 19.7. The number of rotatable bonds is 8. The summed E-state index contributed by atoms with van der Waals surface area (Å²) in [7, 11) is 1.63. The van der Waals surface area contributed by atoms with Gasteiger partial charge in [0, 0.05) is 37.5 Å². The van der Waals surface area contributed by atoms with E-state index < -0.39 is 11.9 Å². The maximum atomic E-state index is 12.6. The van der Waals surface area contributed by atoms with Gasteiger partial charge in [-0.25, -0.2) is 4.98 Å². The van der Waals surface area contributed by atoms with Gasteiger partial charge in [0.25, 0.3) is 0 Å². The maximum absolute atomic E-state index is 12.6. The quantitative estimate of drug-likeness (QED) is 0.234. The van der Waals surface area contributed by atoms with Gasteiger partial charge in [0.2, 0.25) is 0 Å². The molecule has 1 aromatic heterocycles. The predicted octanol–water partition coefficient (Wildman–Crippen LogP) is 4.25. The van der Waals surface area contributed by atoms with Crippen molar-refractivity contribution < 1.29 is 17.9 Å². The fourth-order valence-electron chi connectivity index (χ4n) is 2.18. The first-order valence-corrected chi connectivity index (χ1v) is 9.09. The van der Waals surface area contributed by atoms with Crippen molar-refractivity contribution in [2.45, 2.75) is 19.1 Å². The van der Waals surface area contributed by atoms with E-state index in [4.69, 9.17) is 4.74 Å². The summed E-state index contributed by atoms with van der Waals surface area (Å²) in [6.07, 6.45) is -2.35. The van der Waals surface area contributed by atoms with Crippen LogP contribution in [0.4, 0.5) is 13.2 Å². The lowest BCUT2D eigenvalue weighted by Gasteiger charge is -2.14. The van der Waals surface area contributed by atoms with Gasteiger partial charge in [0.05, 0.1) is 5.01 Å². The molecule has 0 saturated carbocycles. The van der Waals surface area contributed by atoms with Crippen LogP contribution in [0.3, 0.4) is 0 Å². The van der Waals surface area contributed by atoms with E-state index in [0.29, 0.717) is 37.1 Å². The smallest absolute Gasteiger partial charge is 0.434 e. The summed E-state index contributed by atoms with van der Waals surface area (Å²) in [4.78, 5) is 7.72. The van der Waals surface area contributed by atoms with Crippen LogP contribution in [0.25, 0.3) is 0 Å². The molecule has 5 nitrogen and oxygen atoms in total. The van der Waals surface area contributed by atoms with Crippen LogP contribution < -0.4 is 15.4 Å². The molecule has 0 aliphatic heterocycles. The van der Waals surface area contributed by atoms with Gasteiger partial charge in [0.15, 0.2) is 11.7 Å². The van der Waals surface area contributed by atoms with Crippen LogP contribution in [0.2, 0.25) is 0 Å². The second kappa shape index (κ2) is 11.9. The van der Waals surface area contributed by atoms with Crippen molar-refractivity contribution in [3.05, 3.63) is 58.6 Å². The molecule has 0 spiro atoms. The van der Waals surface area contributed by atoms with Crippen molar-refractivity contribution in [3.8, 4) is 5.75 Å². The molecular weight excluding hydrogens is 504 g/mol. The number of aliphatic imine (C=N–C) groups is 1. The minimum Gasteiger partial charge on any atom is -0.489 e. The largest absolute Gasteiger partial charge is 0.489 e. The first kappa shape index (κ1) is 24.2. The molecule has 1 heterocycles. The first-order valence-electron chi connectivity index (χ1n) is 8.21. The zero-order valence-electron chi connectivity index (χ0n) is 15.3. The predicted molar refractivity (Wildman–Crippen MR) is 117 cm³/mol. The molecule has 0 saturated heterocycles. The summed E-state index contributed by atoms with van der Waals surface area (Å²) in [5, 5.41) is 7.68. The number of ether oxygens (including phenoxy) is 1. The van der Waals surface area contributed by atoms with E-state index in [1.807, 2.05) is 24.3 Å². The topological polar surface area (TPSA) is 58.5 Å². The third kappa shape index (κ3) is 7.66. The van der Waals surface area contributed by atoms with E-state index in [1.165, 1.54) is 0 Å². The molecule has 0 fully saturated rings. The summed E-state index contributed by atoms with van der Waals surface area (Å²) >= 11 is 0.999. The Kier molecular flexibility index (Phi) is 10.3. The number of alkyl halides is 3. The van der Waals surface area contributed by atoms with E-state index in [-0.39, 0.29) is 24.0 Å². The molecule has 1 aromatic carbocycles. The Hall–Kier alpha value is -1.82. The lowest BCUT2D eigenvalue weighted by atomic mass is 10.2. The van der Waals surface area contributed by atoms with E-state index in [9.17, 15) is 13.2 Å². The van der Waals surface area contributed by atoms with Crippen molar-refractivity contribution >= 4 is 41.3 Å². The zero-order valence-corrected chi connectivity index (χ0v) is 18.4. The Morgan fingerprint density at radius 2 is 2.07 bits per heavy atom. The molecule has 0 radical (unpaired) electrons. The molecule has 28 heavy (non-hydrogen) atoms.